The van der Waals surface area contributed by atoms with E-state index in [1.165, 1.54) is 4.90 Å². The average molecular weight is 502 g/mol. The molecule has 1 aromatic rings. The van der Waals surface area contributed by atoms with Crippen LogP contribution in [0.4, 0.5) is 5.69 Å². The van der Waals surface area contributed by atoms with Crippen molar-refractivity contribution in [3.63, 3.8) is 0 Å². The Morgan fingerprint density at radius 3 is 2.53 bits per heavy atom. The highest BCUT2D eigenvalue weighted by molar-refractivity contribution is 6.02. The van der Waals surface area contributed by atoms with Gasteiger partial charge in [-0.15, -0.1) is 0 Å². The van der Waals surface area contributed by atoms with Gasteiger partial charge >= 0.3 is 0 Å². The van der Waals surface area contributed by atoms with E-state index in [4.69, 9.17) is 9.47 Å². The van der Waals surface area contributed by atoms with Crippen molar-refractivity contribution in [2.24, 2.45) is 11.8 Å². The van der Waals surface area contributed by atoms with Crippen LogP contribution in [0.15, 0.2) is 24.3 Å². The number of aliphatic hydroxyl groups excluding tert-OH is 1. The molecule has 3 N–H and O–H groups in total. The molecule has 9 heteroatoms. The van der Waals surface area contributed by atoms with Crippen LogP contribution in [0, 0.1) is 11.8 Å². The summed E-state index contributed by atoms with van der Waals surface area (Å²) in [5.74, 6) is -1.63. The van der Waals surface area contributed by atoms with Gasteiger partial charge in [-0.25, -0.2) is 0 Å². The van der Waals surface area contributed by atoms with Crippen LogP contribution in [0.2, 0.25) is 0 Å². The number of hydrogen-bond donors (Lipinski definition) is 3. The van der Waals surface area contributed by atoms with Crippen molar-refractivity contribution < 1.29 is 29.0 Å². The Labute approximate surface area is 212 Å². The van der Waals surface area contributed by atoms with Crippen LogP contribution in [0.5, 0.6) is 5.75 Å². The van der Waals surface area contributed by atoms with Gasteiger partial charge in [-0.2, -0.15) is 0 Å². The number of anilines is 1. The predicted octanol–water partition coefficient (Wildman–Crippen LogP) is 2.48. The second kappa shape index (κ2) is 10.8. The highest BCUT2D eigenvalue weighted by Gasteiger charge is 2.78. The standard InChI is InChI=1S/C27H39N3O6/c1-4-7-8-15-28-24(33)22-27-14-13-26(5-2,36-27)20(21(27)25(34)30(22)16-17-31)23(32)29-18-9-11-19(12-10-18)35-6-3/h9-12,20-22,31H,4-8,13-17H2,1-3H3,(H,28,33)(H,29,32)/t20-,21-,22?,26+,27?/m0/s1. The van der Waals surface area contributed by atoms with Gasteiger partial charge in [0.05, 0.1) is 30.7 Å². The maximum Gasteiger partial charge on any atom is 0.245 e. The number of unbranched alkanes of at least 4 members (excludes halogenated alkanes) is 2. The lowest BCUT2D eigenvalue weighted by atomic mass is 9.65. The molecule has 3 heterocycles. The smallest absolute Gasteiger partial charge is 0.245 e. The summed E-state index contributed by atoms with van der Waals surface area (Å²) < 4.78 is 12.1. The number of likely N-dealkylation sites (tertiary alicyclic amines) is 1. The van der Waals surface area contributed by atoms with Gasteiger partial charge in [0.15, 0.2) is 0 Å². The first-order chi connectivity index (χ1) is 17.4. The molecule has 198 valence electrons. The topological polar surface area (TPSA) is 117 Å². The molecule has 3 aliphatic heterocycles. The van der Waals surface area contributed by atoms with Crippen LogP contribution in [0.3, 0.4) is 0 Å². The van der Waals surface area contributed by atoms with Crippen LogP contribution in [-0.2, 0) is 19.1 Å². The van der Waals surface area contributed by atoms with Gasteiger partial charge in [0.2, 0.25) is 17.7 Å². The summed E-state index contributed by atoms with van der Waals surface area (Å²) in [4.78, 5) is 42.3. The molecule has 2 bridgehead atoms. The predicted molar refractivity (Wildman–Crippen MR) is 134 cm³/mol. The molecule has 3 fully saturated rings. The first-order valence-corrected chi connectivity index (χ1v) is 13.3. The first-order valence-electron chi connectivity index (χ1n) is 13.3. The van der Waals surface area contributed by atoms with Crippen molar-refractivity contribution in [1.29, 1.82) is 0 Å². The Morgan fingerprint density at radius 2 is 1.89 bits per heavy atom. The lowest BCUT2D eigenvalue weighted by molar-refractivity contribution is -0.146. The molecule has 0 aliphatic carbocycles. The third-order valence-electron chi connectivity index (χ3n) is 8.07. The molecule has 9 nitrogen and oxygen atoms in total. The fourth-order valence-corrected chi connectivity index (χ4v) is 6.47. The van der Waals surface area contributed by atoms with Gasteiger partial charge in [-0.3, -0.25) is 14.4 Å². The zero-order valence-electron chi connectivity index (χ0n) is 21.5. The Kier molecular flexibility index (Phi) is 7.90. The normalized spacial score (nSPS) is 30.4. The molecular weight excluding hydrogens is 462 g/mol. The summed E-state index contributed by atoms with van der Waals surface area (Å²) in [6, 6.07) is 6.26. The summed E-state index contributed by atoms with van der Waals surface area (Å²) in [5, 5.41) is 15.6. The Balaban J connectivity index is 1.61. The number of rotatable bonds is 12. The van der Waals surface area contributed by atoms with E-state index < -0.39 is 29.1 Å². The van der Waals surface area contributed by atoms with Gasteiger partial charge in [-0.05, 0) is 56.9 Å². The highest BCUT2D eigenvalue weighted by atomic mass is 16.5. The number of benzene rings is 1. The third-order valence-corrected chi connectivity index (χ3v) is 8.07. The van der Waals surface area contributed by atoms with Crippen LogP contribution >= 0.6 is 0 Å². The largest absolute Gasteiger partial charge is 0.494 e. The first kappa shape index (κ1) is 26.4. The van der Waals surface area contributed by atoms with Crippen LogP contribution in [0.1, 0.15) is 59.3 Å². The van der Waals surface area contributed by atoms with Crippen LogP contribution in [0.25, 0.3) is 0 Å². The molecule has 2 unspecified atom stereocenters. The van der Waals surface area contributed by atoms with Crippen molar-refractivity contribution in [1.82, 2.24) is 10.2 Å². The maximum atomic E-state index is 13.8. The number of nitrogens with zero attached hydrogens (tertiary/aromatic N) is 1. The van der Waals surface area contributed by atoms with Crippen LogP contribution in [-0.4, -0.2) is 71.3 Å². The minimum Gasteiger partial charge on any atom is -0.494 e. The zero-order valence-corrected chi connectivity index (χ0v) is 21.5. The molecule has 0 aromatic heterocycles. The number of aliphatic hydroxyl groups is 1. The molecule has 1 spiro atoms. The summed E-state index contributed by atoms with van der Waals surface area (Å²) in [5.41, 5.74) is -1.27. The highest BCUT2D eigenvalue weighted by Crippen LogP contribution is 2.64. The van der Waals surface area contributed by atoms with Crippen molar-refractivity contribution in [2.45, 2.75) is 76.5 Å². The molecular formula is C27H39N3O6. The number of carbonyl (C=O) groups is 3. The number of ether oxygens (including phenoxy) is 2. The summed E-state index contributed by atoms with van der Waals surface area (Å²) in [6.45, 7) is 6.79. The maximum absolute atomic E-state index is 13.8. The second-order valence-electron chi connectivity index (χ2n) is 10.0. The quantitative estimate of drug-likeness (QED) is 0.379. The summed E-state index contributed by atoms with van der Waals surface area (Å²) >= 11 is 0. The molecule has 4 rings (SSSR count). The van der Waals surface area contributed by atoms with Gasteiger partial charge in [0, 0.05) is 18.8 Å². The molecule has 3 amide bonds. The molecule has 3 saturated heterocycles. The lowest BCUT2D eigenvalue weighted by Crippen LogP contribution is -2.55. The van der Waals surface area contributed by atoms with Gasteiger partial charge in [-0.1, -0.05) is 26.7 Å². The summed E-state index contributed by atoms with van der Waals surface area (Å²) in [7, 11) is 0. The van der Waals surface area contributed by atoms with Crippen molar-refractivity contribution in [2.75, 3.05) is 31.6 Å². The number of nitrogens with one attached hydrogen (secondary N) is 2. The van der Waals surface area contributed by atoms with Gasteiger partial charge < -0.3 is 30.1 Å². The number of fused-ring (bicyclic) bond motifs is 1. The van der Waals surface area contributed by atoms with Crippen molar-refractivity contribution in [3.8, 4) is 5.75 Å². The molecule has 0 radical (unpaired) electrons. The lowest BCUT2D eigenvalue weighted by Gasteiger charge is -2.34. The number of β-amino-alcohol motifs (C(OH)–C–C–N with tert-alkyl or cyclic N) is 1. The number of amides is 3. The van der Waals surface area contributed by atoms with E-state index in [0.717, 1.165) is 19.3 Å². The fraction of sp³-hybridized carbons (Fsp3) is 0.667. The Morgan fingerprint density at radius 1 is 1.14 bits per heavy atom. The monoisotopic (exact) mass is 501 g/mol. The number of carbonyl (C=O) groups excluding carboxylic acids is 3. The third kappa shape index (κ3) is 4.36. The Bertz CT molecular complexity index is 969. The van der Waals surface area contributed by atoms with Gasteiger partial charge in [0.1, 0.15) is 17.4 Å². The van der Waals surface area contributed by atoms with E-state index in [9.17, 15) is 19.5 Å². The SMILES string of the molecule is CCCCCNC(=O)C1N(CCO)C(=O)[C@@H]2[C@@H](C(=O)Nc3ccc(OCC)cc3)[C@@]3(CC)CCC12O3. The molecule has 1 aromatic carbocycles. The molecule has 0 saturated carbocycles. The minimum atomic E-state index is -1.07. The van der Waals surface area contributed by atoms with Crippen LogP contribution < -0.4 is 15.4 Å². The Hall–Kier alpha value is -2.65. The fourth-order valence-electron chi connectivity index (χ4n) is 6.47. The van der Waals surface area contributed by atoms with Crippen molar-refractivity contribution >= 4 is 23.4 Å². The number of hydrogen-bond acceptors (Lipinski definition) is 6. The molecule has 5 atom stereocenters. The van der Waals surface area contributed by atoms with E-state index in [2.05, 4.69) is 17.6 Å². The van der Waals surface area contributed by atoms with E-state index >= 15 is 0 Å². The molecule has 36 heavy (non-hydrogen) atoms. The van der Waals surface area contributed by atoms with Crippen molar-refractivity contribution in [3.05, 3.63) is 24.3 Å². The van der Waals surface area contributed by atoms with E-state index in [1.54, 1.807) is 24.3 Å². The van der Waals surface area contributed by atoms with E-state index in [0.29, 0.717) is 43.9 Å². The van der Waals surface area contributed by atoms with E-state index in [1.807, 2.05) is 13.8 Å². The zero-order chi connectivity index (χ0) is 25.9. The second-order valence-corrected chi connectivity index (χ2v) is 10.0. The van der Waals surface area contributed by atoms with Gasteiger partial charge in [0.25, 0.3) is 0 Å². The average Bonchev–Trinajstić information content (AvgIpc) is 3.47. The minimum absolute atomic E-state index is 0.0276. The summed E-state index contributed by atoms with van der Waals surface area (Å²) in [6.07, 6.45) is 4.58. The van der Waals surface area contributed by atoms with E-state index in [-0.39, 0.29) is 30.9 Å². The molecule has 3 aliphatic rings.